The van der Waals surface area contributed by atoms with Crippen molar-refractivity contribution in [1.29, 1.82) is 0 Å². The number of benzene rings is 2. The molecule has 2 aliphatic heterocycles. The van der Waals surface area contributed by atoms with Gasteiger partial charge in [-0.2, -0.15) is 5.10 Å². The highest BCUT2D eigenvalue weighted by Gasteiger charge is 2.35. The molecule has 0 N–H and O–H groups in total. The van der Waals surface area contributed by atoms with Gasteiger partial charge in [-0.25, -0.2) is 5.01 Å². The van der Waals surface area contributed by atoms with Gasteiger partial charge in [0.15, 0.2) is 0 Å². The van der Waals surface area contributed by atoms with Crippen LogP contribution in [0, 0.1) is 5.92 Å². The Bertz CT molecular complexity index is 920. The van der Waals surface area contributed by atoms with E-state index in [9.17, 15) is 4.79 Å². The number of hydrogen-bond donors (Lipinski definition) is 0. The summed E-state index contributed by atoms with van der Waals surface area (Å²) in [5.41, 5.74) is 2.82. The van der Waals surface area contributed by atoms with Crippen LogP contribution in [-0.2, 0) is 4.79 Å². The first kappa shape index (κ1) is 20.9. The fourth-order valence-corrected chi connectivity index (χ4v) is 4.43. The third kappa shape index (κ3) is 4.52. The minimum Gasteiger partial charge on any atom is -0.497 e. The van der Waals surface area contributed by atoms with Gasteiger partial charge in [-0.05, 0) is 73.3 Å². The lowest BCUT2D eigenvalue weighted by Gasteiger charge is -2.31. The first-order valence-electron chi connectivity index (χ1n) is 10.6. The molecule has 5 nitrogen and oxygen atoms in total. The Hall–Kier alpha value is -2.37. The number of amides is 1. The molecule has 0 aliphatic carbocycles. The molecule has 2 aromatic rings. The second-order valence-corrected chi connectivity index (χ2v) is 8.62. The molecule has 158 valence electrons. The van der Waals surface area contributed by atoms with Gasteiger partial charge in [-0.1, -0.05) is 36.7 Å². The third-order valence-corrected chi connectivity index (χ3v) is 6.43. The van der Waals surface area contributed by atoms with Crippen LogP contribution in [0.4, 0.5) is 0 Å². The molecule has 1 fully saturated rings. The Morgan fingerprint density at radius 1 is 1.13 bits per heavy atom. The van der Waals surface area contributed by atoms with Crippen molar-refractivity contribution >= 4 is 23.2 Å². The van der Waals surface area contributed by atoms with Gasteiger partial charge in [0.05, 0.1) is 25.4 Å². The zero-order valence-corrected chi connectivity index (χ0v) is 18.3. The molecule has 2 aromatic carbocycles. The Morgan fingerprint density at radius 3 is 2.50 bits per heavy atom. The van der Waals surface area contributed by atoms with Crippen molar-refractivity contribution in [1.82, 2.24) is 9.91 Å². The molecule has 6 heteroatoms. The highest BCUT2D eigenvalue weighted by molar-refractivity contribution is 6.31. The molecule has 2 aliphatic rings. The van der Waals surface area contributed by atoms with E-state index in [2.05, 4.69) is 11.8 Å². The quantitative estimate of drug-likeness (QED) is 0.693. The van der Waals surface area contributed by atoms with Gasteiger partial charge in [0.25, 0.3) is 5.91 Å². The number of rotatable bonds is 5. The number of methoxy groups -OCH3 is 1. The number of ether oxygens (including phenoxy) is 1. The van der Waals surface area contributed by atoms with Crippen LogP contribution in [-0.4, -0.2) is 48.3 Å². The molecular weight excluding hydrogens is 398 g/mol. The summed E-state index contributed by atoms with van der Waals surface area (Å²) in [6.07, 6.45) is 2.92. The van der Waals surface area contributed by atoms with E-state index in [1.165, 1.54) is 0 Å². The Kier molecular flexibility index (Phi) is 6.40. The zero-order valence-electron chi connectivity index (χ0n) is 17.6. The van der Waals surface area contributed by atoms with Crippen LogP contribution in [0.5, 0.6) is 5.75 Å². The molecule has 0 bridgehead atoms. The summed E-state index contributed by atoms with van der Waals surface area (Å²) < 4.78 is 5.26. The van der Waals surface area contributed by atoms with Crippen molar-refractivity contribution in [3.05, 3.63) is 64.7 Å². The summed E-state index contributed by atoms with van der Waals surface area (Å²) in [5.74, 6) is 1.56. The second-order valence-electron chi connectivity index (χ2n) is 8.21. The highest BCUT2D eigenvalue weighted by atomic mass is 35.5. The van der Waals surface area contributed by atoms with E-state index in [4.69, 9.17) is 21.4 Å². The predicted molar refractivity (Wildman–Crippen MR) is 120 cm³/mol. The van der Waals surface area contributed by atoms with Crippen molar-refractivity contribution < 1.29 is 9.53 Å². The second kappa shape index (κ2) is 9.19. The SMILES string of the molecule is COc1ccc(C2=NN(C(=O)CN3CCC(C)CC3)C(c3ccccc3Cl)C2)cc1. The van der Waals surface area contributed by atoms with Gasteiger partial charge in [0.2, 0.25) is 0 Å². The molecular formula is C24H28ClN3O2. The van der Waals surface area contributed by atoms with Gasteiger partial charge in [-0.3, -0.25) is 9.69 Å². The number of nitrogens with zero attached hydrogens (tertiary/aromatic N) is 3. The molecule has 0 radical (unpaired) electrons. The predicted octanol–water partition coefficient (Wildman–Crippen LogP) is 4.76. The minimum atomic E-state index is -0.188. The van der Waals surface area contributed by atoms with Crippen molar-refractivity contribution in [3.8, 4) is 5.75 Å². The number of hydrazone groups is 1. The molecule has 2 heterocycles. The summed E-state index contributed by atoms with van der Waals surface area (Å²) in [7, 11) is 1.65. The van der Waals surface area contributed by atoms with E-state index in [1.807, 2.05) is 48.5 Å². The Labute approximate surface area is 183 Å². The minimum absolute atomic E-state index is 0.0259. The van der Waals surface area contributed by atoms with Crippen LogP contribution >= 0.6 is 11.6 Å². The molecule has 4 rings (SSSR count). The fourth-order valence-electron chi connectivity index (χ4n) is 4.17. The van der Waals surface area contributed by atoms with E-state index in [0.717, 1.165) is 54.4 Å². The van der Waals surface area contributed by atoms with Gasteiger partial charge in [0, 0.05) is 11.4 Å². The van der Waals surface area contributed by atoms with Crippen molar-refractivity contribution in [2.75, 3.05) is 26.7 Å². The Morgan fingerprint density at radius 2 is 1.83 bits per heavy atom. The molecule has 0 aromatic heterocycles. The van der Waals surface area contributed by atoms with Crippen LogP contribution in [0.1, 0.15) is 43.4 Å². The first-order chi connectivity index (χ1) is 14.5. The average molecular weight is 426 g/mol. The number of carbonyl (C=O) groups is 1. The standard InChI is InChI=1S/C24H28ClN3O2/c1-17-11-13-27(14-12-17)16-24(29)28-23(20-5-3-4-6-21(20)25)15-22(26-28)18-7-9-19(30-2)10-8-18/h3-10,17,23H,11-16H2,1-2H3. The van der Waals surface area contributed by atoms with Crippen LogP contribution in [0.3, 0.4) is 0 Å². The summed E-state index contributed by atoms with van der Waals surface area (Å²) in [6, 6.07) is 15.4. The number of carbonyl (C=O) groups excluding carboxylic acids is 1. The lowest BCUT2D eigenvalue weighted by atomic mass is 9.98. The Balaban J connectivity index is 1.59. The normalized spacial score (nSPS) is 20.3. The van der Waals surface area contributed by atoms with E-state index in [0.29, 0.717) is 18.0 Å². The van der Waals surface area contributed by atoms with Crippen molar-refractivity contribution in [3.63, 3.8) is 0 Å². The molecule has 1 amide bonds. The van der Waals surface area contributed by atoms with E-state index in [-0.39, 0.29) is 11.9 Å². The molecule has 1 saturated heterocycles. The van der Waals surface area contributed by atoms with E-state index >= 15 is 0 Å². The number of halogens is 1. The topological polar surface area (TPSA) is 45.1 Å². The van der Waals surface area contributed by atoms with Crippen molar-refractivity contribution in [2.24, 2.45) is 11.0 Å². The maximum absolute atomic E-state index is 13.3. The van der Waals surface area contributed by atoms with Crippen LogP contribution in [0.2, 0.25) is 5.02 Å². The smallest absolute Gasteiger partial charge is 0.257 e. The summed E-state index contributed by atoms with van der Waals surface area (Å²) >= 11 is 6.50. The van der Waals surface area contributed by atoms with Crippen LogP contribution < -0.4 is 4.74 Å². The lowest BCUT2D eigenvalue weighted by molar-refractivity contribution is -0.134. The lowest BCUT2D eigenvalue weighted by Crippen LogP contribution is -2.41. The van der Waals surface area contributed by atoms with E-state index < -0.39 is 0 Å². The largest absolute Gasteiger partial charge is 0.497 e. The third-order valence-electron chi connectivity index (χ3n) is 6.09. The summed E-state index contributed by atoms with van der Waals surface area (Å²) in [4.78, 5) is 15.5. The van der Waals surface area contributed by atoms with Crippen LogP contribution in [0.15, 0.2) is 53.6 Å². The first-order valence-corrected chi connectivity index (χ1v) is 10.9. The monoisotopic (exact) mass is 425 g/mol. The van der Waals surface area contributed by atoms with Gasteiger partial charge in [-0.15, -0.1) is 0 Å². The highest BCUT2D eigenvalue weighted by Crippen LogP contribution is 2.36. The molecule has 0 saturated carbocycles. The summed E-state index contributed by atoms with van der Waals surface area (Å²) in [6.45, 7) is 4.60. The molecule has 1 atom stereocenters. The maximum atomic E-state index is 13.3. The molecule has 30 heavy (non-hydrogen) atoms. The van der Waals surface area contributed by atoms with Crippen LogP contribution in [0.25, 0.3) is 0 Å². The molecule has 1 unspecified atom stereocenters. The number of likely N-dealkylation sites (tertiary alicyclic amines) is 1. The number of hydrogen-bond acceptors (Lipinski definition) is 4. The molecule has 0 spiro atoms. The van der Waals surface area contributed by atoms with Gasteiger partial charge >= 0.3 is 0 Å². The van der Waals surface area contributed by atoms with Crippen molar-refractivity contribution in [2.45, 2.75) is 32.2 Å². The zero-order chi connectivity index (χ0) is 21.1. The van der Waals surface area contributed by atoms with Gasteiger partial charge in [0.1, 0.15) is 5.75 Å². The average Bonchev–Trinajstić information content (AvgIpc) is 3.21. The maximum Gasteiger partial charge on any atom is 0.257 e. The summed E-state index contributed by atoms with van der Waals surface area (Å²) in [5, 5.41) is 7.08. The van der Waals surface area contributed by atoms with E-state index in [1.54, 1.807) is 12.1 Å². The van der Waals surface area contributed by atoms with Gasteiger partial charge < -0.3 is 4.74 Å². The number of piperidine rings is 1. The fraction of sp³-hybridized carbons (Fsp3) is 0.417.